The molecule has 31 heavy (non-hydrogen) atoms. The molecule has 0 saturated carbocycles. The summed E-state index contributed by atoms with van der Waals surface area (Å²) in [4.78, 5) is 14.3. The van der Waals surface area contributed by atoms with E-state index in [1.54, 1.807) is 11.3 Å². The molecular formula is C26H22N4S. The van der Waals surface area contributed by atoms with Crippen LogP contribution in [-0.4, -0.2) is 21.4 Å². The first-order valence-corrected chi connectivity index (χ1v) is 11.1. The molecule has 4 nitrogen and oxygen atoms in total. The normalized spacial score (nSPS) is 13.3. The van der Waals surface area contributed by atoms with Crippen LogP contribution < -0.4 is 5.73 Å². The number of rotatable bonds is 3. The van der Waals surface area contributed by atoms with Crippen LogP contribution >= 0.6 is 11.3 Å². The molecule has 1 aliphatic rings. The Kier molecular flexibility index (Phi) is 5.49. The van der Waals surface area contributed by atoms with Crippen molar-refractivity contribution in [2.45, 2.75) is 19.5 Å². The largest absolute Gasteiger partial charge is 0.399 e. The van der Waals surface area contributed by atoms with Crippen LogP contribution in [0.15, 0.2) is 72.9 Å². The van der Waals surface area contributed by atoms with Crippen molar-refractivity contribution in [2.24, 2.45) is 0 Å². The number of nitrogen functional groups attached to an aromatic ring is 1. The molecule has 4 aromatic rings. The second kappa shape index (κ2) is 8.73. The Morgan fingerprint density at radius 2 is 1.81 bits per heavy atom. The monoisotopic (exact) mass is 422 g/mol. The molecule has 5 rings (SSSR count). The molecule has 0 saturated heterocycles. The summed E-state index contributed by atoms with van der Waals surface area (Å²) in [5.74, 6) is 7.29. The van der Waals surface area contributed by atoms with Crippen molar-refractivity contribution in [3.05, 3.63) is 99.5 Å². The number of anilines is 1. The van der Waals surface area contributed by atoms with Gasteiger partial charge in [0.05, 0.1) is 10.6 Å². The average Bonchev–Trinajstić information content (AvgIpc) is 3.26. The second-order valence-corrected chi connectivity index (χ2v) is 8.80. The fraction of sp³-hybridized carbons (Fsp3) is 0.154. The molecule has 0 fully saturated rings. The van der Waals surface area contributed by atoms with Crippen molar-refractivity contribution < 1.29 is 0 Å². The molecule has 0 amide bonds. The predicted molar refractivity (Wildman–Crippen MR) is 126 cm³/mol. The van der Waals surface area contributed by atoms with Crippen molar-refractivity contribution in [2.75, 3.05) is 12.3 Å². The number of hydrogen-bond donors (Lipinski definition) is 1. The van der Waals surface area contributed by atoms with E-state index in [2.05, 4.69) is 33.9 Å². The third-order valence-corrected chi connectivity index (χ3v) is 6.31. The van der Waals surface area contributed by atoms with Crippen molar-refractivity contribution in [3.63, 3.8) is 0 Å². The molecule has 1 aliphatic heterocycles. The van der Waals surface area contributed by atoms with Crippen LogP contribution in [0.5, 0.6) is 0 Å². The van der Waals surface area contributed by atoms with E-state index in [1.165, 1.54) is 10.4 Å². The van der Waals surface area contributed by atoms with Crippen molar-refractivity contribution in [1.29, 1.82) is 0 Å². The summed E-state index contributed by atoms with van der Waals surface area (Å²) < 4.78 is 0. The Labute approximate surface area is 186 Å². The summed E-state index contributed by atoms with van der Waals surface area (Å²) in [6.07, 6.45) is 2.91. The summed E-state index contributed by atoms with van der Waals surface area (Å²) in [7, 11) is 0. The van der Waals surface area contributed by atoms with Crippen LogP contribution in [-0.2, 0) is 19.5 Å². The first-order valence-electron chi connectivity index (χ1n) is 10.3. The van der Waals surface area contributed by atoms with Crippen LogP contribution in [0.4, 0.5) is 5.69 Å². The molecule has 2 aromatic carbocycles. The summed E-state index contributed by atoms with van der Waals surface area (Å²) >= 11 is 1.77. The number of aromatic nitrogens is 2. The molecule has 0 aliphatic carbocycles. The van der Waals surface area contributed by atoms with E-state index in [0.717, 1.165) is 59.3 Å². The summed E-state index contributed by atoms with van der Waals surface area (Å²) in [5, 5.41) is 0. The lowest BCUT2D eigenvalue weighted by atomic mass is 10.1. The Morgan fingerprint density at radius 1 is 0.968 bits per heavy atom. The minimum absolute atomic E-state index is 0.750. The van der Waals surface area contributed by atoms with Crippen molar-refractivity contribution >= 4 is 17.0 Å². The fourth-order valence-electron chi connectivity index (χ4n) is 3.69. The standard InChI is InChI=1S/C26H22N4S/c27-22-9-7-20(8-10-22)26-28-16-21-17-30(15-14-25(21)29-26)18-24-13-12-23(31-24)11-6-19-4-2-1-3-5-19/h1-5,7-10,12-13,16H,14-15,17-18,27H2. The van der Waals surface area contributed by atoms with Gasteiger partial charge in [-0.25, -0.2) is 9.97 Å². The fourth-order valence-corrected chi connectivity index (χ4v) is 4.59. The molecule has 152 valence electrons. The second-order valence-electron chi connectivity index (χ2n) is 7.63. The van der Waals surface area contributed by atoms with Crippen LogP contribution in [0.2, 0.25) is 0 Å². The van der Waals surface area contributed by atoms with Gasteiger partial charge in [-0.15, -0.1) is 11.3 Å². The first-order chi connectivity index (χ1) is 15.2. The Hall–Kier alpha value is -3.46. The van der Waals surface area contributed by atoms with Gasteiger partial charge in [0, 0.05) is 59.5 Å². The molecule has 2 N–H and O–H groups in total. The maximum atomic E-state index is 5.79. The number of nitrogens with zero attached hydrogens (tertiary/aromatic N) is 3. The minimum atomic E-state index is 0.750. The van der Waals surface area contributed by atoms with Gasteiger partial charge in [0.1, 0.15) is 0 Å². The highest BCUT2D eigenvalue weighted by Gasteiger charge is 2.19. The molecule has 2 aromatic heterocycles. The highest BCUT2D eigenvalue weighted by atomic mass is 32.1. The number of thiophene rings is 1. The highest BCUT2D eigenvalue weighted by Crippen LogP contribution is 2.24. The molecule has 0 unspecified atom stereocenters. The molecule has 5 heteroatoms. The SMILES string of the molecule is Nc1ccc(-c2ncc3c(n2)CCN(Cc2ccc(C#Cc4ccccc4)s2)C3)cc1. The molecule has 0 bridgehead atoms. The third-order valence-electron chi connectivity index (χ3n) is 5.33. The van der Waals surface area contributed by atoms with Crippen molar-refractivity contribution in [3.8, 4) is 23.2 Å². The lowest BCUT2D eigenvalue weighted by Gasteiger charge is -2.27. The Balaban J connectivity index is 1.25. The molecule has 3 heterocycles. The summed E-state index contributed by atoms with van der Waals surface area (Å²) in [5.41, 5.74) is 10.9. The third kappa shape index (κ3) is 4.66. The maximum absolute atomic E-state index is 5.79. The zero-order valence-corrected chi connectivity index (χ0v) is 17.9. The first kappa shape index (κ1) is 19.5. The van der Waals surface area contributed by atoms with E-state index in [9.17, 15) is 0 Å². The van der Waals surface area contributed by atoms with E-state index in [-0.39, 0.29) is 0 Å². The van der Waals surface area contributed by atoms with Crippen LogP contribution in [0, 0.1) is 11.8 Å². The quantitative estimate of drug-likeness (QED) is 0.383. The smallest absolute Gasteiger partial charge is 0.159 e. The van der Waals surface area contributed by atoms with E-state index in [1.807, 2.05) is 60.8 Å². The maximum Gasteiger partial charge on any atom is 0.159 e. The van der Waals surface area contributed by atoms with Gasteiger partial charge in [-0.1, -0.05) is 30.0 Å². The Bertz CT molecular complexity index is 1250. The van der Waals surface area contributed by atoms with Gasteiger partial charge in [-0.2, -0.15) is 0 Å². The Morgan fingerprint density at radius 3 is 2.65 bits per heavy atom. The van der Waals surface area contributed by atoms with Gasteiger partial charge >= 0.3 is 0 Å². The summed E-state index contributed by atoms with van der Waals surface area (Å²) in [6.45, 7) is 2.80. The minimum Gasteiger partial charge on any atom is -0.399 e. The van der Waals surface area contributed by atoms with Crippen LogP contribution in [0.25, 0.3) is 11.4 Å². The number of fused-ring (bicyclic) bond motifs is 1. The predicted octanol–water partition coefficient (Wildman–Crippen LogP) is 4.75. The molecule has 0 atom stereocenters. The average molecular weight is 423 g/mol. The van der Waals surface area contributed by atoms with E-state index in [4.69, 9.17) is 10.7 Å². The topological polar surface area (TPSA) is 55.0 Å². The number of hydrogen-bond acceptors (Lipinski definition) is 5. The summed E-state index contributed by atoms with van der Waals surface area (Å²) in [6, 6.07) is 22.1. The van der Waals surface area contributed by atoms with Gasteiger partial charge in [0.25, 0.3) is 0 Å². The van der Waals surface area contributed by atoms with Crippen LogP contribution in [0.3, 0.4) is 0 Å². The van der Waals surface area contributed by atoms with Crippen LogP contribution in [0.1, 0.15) is 26.6 Å². The van der Waals surface area contributed by atoms with Gasteiger partial charge in [-0.05, 0) is 48.5 Å². The molecular weight excluding hydrogens is 400 g/mol. The van der Waals surface area contributed by atoms with E-state index < -0.39 is 0 Å². The van der Waals surface area contributed by atoms with Gasteiger partial charge in [0.2, 0.25) is 0 Å². The zero-order valence-electron chi connectivity index (χ0n) is 17.1. The lowest BCUT2D eigenvalue weighted by Crippen LogP contribution is -2.30. The lowest BCUT2D eigenvalue weighted by molar-refractivity contribution is 0.245. The number of benzene rings is 2. The number of nitrogens with two attached hydrogens (primary N) is 1. The van der Waals surface area contributed by atoms with Gasteiger partial charge in [0.15, 0.2) is 5.82 Å². The molecule has 0 radical (unpaired) electrons. The molecule has 0 spiro atoms. The van der Waals surface area contributed by atoms with E-state index in [0.29, 0.717) is 0 Å². The highest BCUT2D eigenvalue weighted by molar-refractivity contribution is 7.12. The van der Waals surface area contributed by atoms with Gasteiger partial charge in [-0.3, -0.25) is 4.90 Å². The van der Waals surface area contributed by atoms with E-state index >= 15 is 0 Å². The zero-order chi connectivity index (χ0) is 21.0. The van der Waals surface area contributed by atoms with Gasteiger partial charge < -0.3 is 5.73 Å². The van der Waals surface area contributed by atoms with Crippen molar-refractivity contribution in [1.82, 2.24) is 14.9 Å².